The van der Waals surface area contributed by atoms with Crippen molar-refractivity contribution in [2.24, 2.45) is 0 Å². The predicted octanol–water partition coefficient (Wildman–Crippen LogP) is 3.46. The molecule has 2 aromatic carbocycles. The first-order chi connectivity index (χ1) is 14.6. The minimum atomic E-state index is -4.55. The molecule has 0 fully saturated rings. The van der Waals surface area contributed by atoms with Crippen LogP contribution in [0, 0.1) is 6.92 Å². The molecule has 0 aliphatic rings. The third-order valence-corrected chi connectivity index (χ3v) is 4.19. The van der Waals surface area contributed by atoms with Crippen molar-refractivity contribution in [3.05, 3.63) is 87.8 Å². The molecule has 3 aromatic rings. The van der Waals surface area contributed by atoms with Gasteiger partial charge in [-0.1, -0.05) is 18.2 Å². The smallest absolute Gasteiger partial charge is 0.324 e. The van der Waals surface area contributed by atoms with Gasteiger partial charge < -0.3 is 10.6 Å². The summed E-state index contributed by atoms with van der Waals surface area (Å²) >= 11 is 0. The number of carbonyl (C=O) groups is 2. The highest BCUT2D eigenvalue weighted by atomic mass is 19.4. The summed E-state index contributed by atoms with van der Waals surface area (Å²) in [5.74, 6) is -1.31. The predicted molar refractivity (Wildman–Crippen MR) is 108 cm³/mol. The van der Waals surface area contributed by atoms with Crippen LogP contribution in [-0.2, 0) is 17.5 Å². The number of halogens is 3. The highest BCUT2D eigenvalue weighted by molar-refractivity contribution is 6.10. The summed E-state index contributed by atoms with van der Waals surface area (Å²) in [5, 5.41) is 8.89. The number of aromatic nitrogens is 2. The Kier molecular flexibility index (Phi) is 6.19. The van der Waals surface area contributed by atoms with Crippen LogP contribution in [0.15, 0.2) is 65.5 Å². The third-order valence-electron chi connectivity index (χ3n) is 4.19. The molecule has 0 spiro atoms. The maximum atomic E-state index is 12.9. The molecule has 10 heteroatoms. The quantitative estimate of drug-likeness (QED) is 0.648. The van der Waals surface area contributed by atoms with Crippen molar-refractivity contribution < 1.29 is 22.8 Å². The fourth-order valence-electron chi connectivity index (χ4n) is 2.75. The van der Waals surface area contributed by atoms with Gasteiger partial charge in [0.15, 0.2) is 0 Å². The van der Waals surface area contributed by atoms with Crippen molar-refractivity contribution in [2.45, 2.75) is 19.6 Å². The summed E-state index contributed by atoms with van der Waals surface area (Å²) in [5.41, 5.74) is -0.681. The van der Waals surface area contributed by atoms with Crippen molar-refractivity contribution >= 4 is 23.2 Å². The molecular formula is C21H17F3N4O3. The van der Waals surface area contributed by atoms with E-state index in [0.717, 1.165) is 16.8 Å². The zero-order chi connectivity index (χ0) is 22.6. The normalized spacial score (nSPS) is 11.1. The molecule has 1 aromatic heterocycles. The van der Waals surface area contributed by atoms with E-state index in [0.29, 0.717) is 5.69 Å². The molecule has 0 aliphatic carbocycles. The molecule has 31 heavy (non-hydrogen) atoms. The van der Waals surface area contributed by atoms with E-state index in [2.05, 4.69) is 15.7 Å². The fraction of sp³-hybridized carbons (Fsp3) is 0.143. The number of anilines is 2. The number of amides is 2. The Labute approximate surface area is 174 Å². The van der Waals surface area contributed by atoms with E-state index >= 15 is 0 Å². The van der Waals surface area contributed by atoms with Gasteiger partial charge >= 0.3 is 6.18 Å². The minimum Gasteiger partial charge on any atom is -0.324 e. The van der Waals surface area contributed by atoms with Crippen LogP contribution in [0.5, 0.6) is 0 Å². The summed E-state index contributed by atoms with van der Waals surface area (Å²) in [7, 11) is 0. The van der Waals surface area contributed by atoms with Crippen LogP contribution in [0.3, 0.4) is 0 Å². The zero-order valence-electron chi connectivity index (χ0n) is 16.2. The van der Waals surface area contributed by atoms with Crippen LogP contribution in [0.2, 0.25) is 0 Å². The third kappa shape index (κ3) is 5.56. The lowest BCUT2D eigenvalue weighted by atomic mass is 10.1. The molecule has 3 rings (SSSR count). The van der Waals surface area contributed by atoms with Crippen molar-refractivity contribution in [1.82, 2.24) is 9.78 Å². The van der Waals surface area contributed by atoms with E-state index in [9.17, 15) is 27.6 Å². The first kappa shape index (κ1) is 21.8. The Bertz CT molecular complexity index is 1190. The molecule has 0 aliphatic heterocycles. The summed E-state index contributed by atoms with van der Waals surface area (Å²) in [4.78, 5) is 36.8. The second-order valence-electron chi connectivity index (χ2n) is 6.60. The summed E-state index contributed by atoms with van der Waals surface area (Å²) in [6.07, 6.45) is -4.55. The highest BCUT2D eigenvalue weighted by Gasteiger charge is 2.30. The monoisotopic (exact) mass is 430 g/mol. The molecule has 1 heterocycles. The van der Waals surface area contributed by atoms with Gasteiger partial charge in [-0.2, -0.15) is 18.3 Å². The number of alkyl halides is 3. The van der Waals surface area contributed by atoms with Crippen molar-refractivity contribution in [3.8, 4) is 0 Å². The van der Waals surface area contributed by atoms with Crippen molar-refractivity contribution in [2.75, 3.05) is 10.6 Å². The molecular weight excluding hydrogens is 413 g/mol. The Morgan fingerprint density at radius 1 is 1.00 bits per heavy atom. The lowest BCUT2D eigenvalue weighted by Crippen LogP contribution is -2.30. The van der Waals surface area contributed by atoms with Crippen LogP contribution < -0.4 is 16.2 Å². The number of hydrogen-bond acceptors (Lipinski definition) is 4. The molecule has 0 radical (unpaired) electrons. The molecule has 0 saturated heterocycles. The minimum absolute atomic E-state index is 0.0396. The molecule has 0 atom stereocenters. The maximum Gasteiger partial charge on any atom is 0.416 e. The second-order valence-corrected chi connectivity index (χ2v) is 6.60. The van der Waals surface area contributed by atoms with Crippen LogP contribution in [-0.4, -0.2) is 21.6 Å². The number of benzene rings is 2. The first-order valence-electron chi connectivity index (χ1n) is 9.06. The Morgan fingerprint density at radius 2 is 1.74 bits per heavy atom. The molecule has 0 saturated carbocycles. The van der Waals surface area contributed by atoms with Crippen LogP contribution in [0.25, 0.3) is 0 Å². The molecule has 2 amide bonds. The van der Waals surface area contributed by atoms with Gasteiger partial charge in [0.25, 0.3) is 11.5 Å². The zero-order valence-corrected chi connectivity index (χ0v) is 16.2. The average molecular weight is 430 g/mol. The standard InChI is InChI=1S/C21H17F3N4O3/c1-13-9-10-19(30)28(27-13)12-18(29)26-17-8-3-2-7-16(17)20(31)25-15-6-4-5-14(11-15)21(22,23)24/h2-11H,12H2,1H3,(H,25,31)(H,26,29). The van der Waals surface area contributed by atoms with Gasteiger partial charge in [-0.05, 0) is 43.3 Å². The van der Waals surface area contributed by atoms with Crippen LogP contribution >= 0.6 is 0 Å². The number of aryl methyl sites for hydroxylation is 1. The number of nitrogens with zero attached hydrogens (tertiary/aromatic N) is 2. The van der Waals surface area contributed by atoms with Gasteiger partial charge in [-0.25, -0.2) is 4.68 Å². The van der Waals surface area contributed by atoms with Crippen molar-refractivity contribution in [3.63, 3.8) is 0 Å². The largest absolute Gasteiger partial charge is 0.416 e. The van der Waals surface area contributed by atoms with Crippen LogP contribution in [0.1, 0.15) is 21.6 Å². The van der Waals surface area contributed by atoms with Gasteiger partial charge in [0.1, 0.15) is 6.54 Å². The van der Waals surface area contributed by atoms with E-state index in [4.69, 9.17) is 0 Å². The van der Waals surface area contributed by atoms with Gasteiger partial charge in [0, 0.05) is 11.8 Å². The summed E-state index contributed by atoms with van der Waals surface area (Å²) in [6.45, 7) is 1.30. The fourth-order valence-corrected chi connectivity index (χ4v) is 2.75. The first-order valence-corrected chi connectivity index (χ1v) is 9.06. The van der Waals surface area contributed by atoms with E-state index in [1.807, 2.05) is 0 Å². The Hall–Kier alpha value is -3.95. The van der Waals surface area contributed by atoms with Crippen LogP contribution in [0.4, 0.5) is 24.5 Å². The van der Waals surface area contributed by atoms with Crippen molar-refractivity contribution in [1.29, 1.82) is 0 Å². The van der Waals surface area contributed by atoms with E-state index in [-0.39, 0.29) is 23.5 Å². The summed E-state index contributed by atoms with van der Waals surface area (Å²) in [6, 6.07) is 13.0. The number of carbonyl (C=O) groups excluding carboxylic acids is 2. The molecule has 160 valence electrons. The van der Waals surface area contributed by atoms with E-state index in [1.165, 1.54) is 36.4 Å². The van der Waals surface area contributed by atoms with Gasteiger partial charge in [-0.15, -0.1) is 0 Å². The average Bonchev–Trinajstić information content (AvgIpc) is 2.70. The summed E-state index contributed by atoms with van der Waals surface area (Å²) < 4.78 is 39.6. The Balaban J connectivity index is 1.77. The highest BCUT2D eigenvalue weighted by Crippen LogP contribution is 2.31. The van der Waals surface area contributed by atoms with E-state index < -0.39 is 29.1 Å². The second kappa shape index (κ2) is 8.82. The maximum absolute atomic E-state index is 12.9. The molecule has 0 unspecified atom stereocenters. The lowest BCUT2D eigenvalue weighted by molar-refractivity contribution is -0.137. The lowest BCUT2D eigenvalue weighted by Gasteiger charge is -2.13. The molecule has 0 bridgehead atoms. The number of nitrogens with one attached hydrogen (secondary N) is 2. The molecule has 7 nitrogen and oxygen atoms in total. The van der Waals surface area contributed by atoms with Gasteiger partial charge in [0.05, 0.1) is 22.5 Å². The Morgan fingerprint density at radius 3 is 2.48 bits per heavy atom. The van der Waals surface area contributed by atoms with Gasteiger partial charge in [-0.3, -0.25) is 14.4 Å². The topological polar surface area (TPSA) is 93.1 Å². The van der Waals surface area contributed by atoms with Gasteiger partial charge in [0.2, 0.25) is 5.91 Å². The number of rotatable bonds is 5. The number of hydrogen-bond donors (Lipinski definition) is 2. The SMILES string of the molecule is Cc1ccc(=O)n(CC(=O)Nc2ccccc2C(=O)Nc2cccc(C(F)(F)F)c2)n1. The molecule has 2 N–H and O–H groups in total. The number of para-hydroxylation sites is 1. The van der Waals surface area contributed by atoms with E-state index in [1.54, 1.807) is 19.1 Å².